The SMILES string of the molecule is C[C@@H]1C[C@H](C)CN(S(=O)(=O)c2ccc(Sc3cccc(Cl)c3)c(C(=O)N(CCc3ccccc3)Cc3ccccc3)c2)C1. The molecule has 1 aliphatic rings. The van der Waals surface area contributed by atoms with E-state index in [0.29, 0.717) is 48.1 Å². The first-order chi connectivity index (χ1) is 20.7. The fraction of sp³-hybridized carbons (Fsp3) is 0.286. The summed E-state index contributed by atoms with van der Waals surface area (Å²) < 4.78 is 29.4. The molecule has 224 valence electrons. The van der Waals surface area contributed by atoms with Gasteiger partial charge in [-0.05, 0) is 72.2 Å². The summed E-state index contributed by atoms with van der Waals surface area (Å²) in [7, 11) is -3.79. The molecular formula is C35H37ClN2O3S2. The molecule has 1 amide bonds. The van der Waals surface area contributed by atoms with Gasteiger partial charge >= 0.3 is 0 Å². The van der Waals surface area contributed by atoms with Gasteiger partial charge in [-0.3, -0.25) is 4.79 Å². The van der Waals surface area contributed by atoms with Gasteiger partial charge in [0.05, 0.1) is 10.5 Å². The molecule has 2 atom stereocenters. The monoisotopic (exact) mass is 632 g/mol. The first kappa shape index (κ1) is 31.3. The number of carbonyl (C=O) groups is 1. The lowest BCUT2D eigenvalue weighted by Crippen LogP contribution is -2.42. The van der Waals surface area contributed by atoms with Crippen LogP contribution in [0.25, 0.3) is 0 Å². The highest BCUT2D eigenvalue weighted by atomic mass is 35.5. The Morgan fingerprint density at radius 3 is 2.16 bits per heavy atom. The van der Waals surface area contributed by atoms with Crippen molar-refractivity contribution < 1.29 is 13.2 Å². The third kappa shape index (κ3) is 8.09. The van der Waals surface area contributed by atoms with E-state index in [-0.39, 0.29) is 22.6 Å². The van der Waals surface area contributed by atoms with Gasteiger partial charge in [-0.2, -0.15) is 4.31 Å². The number of halogens is 1. The van der Waals surface area contributed by atoms with Crippen molar-refractivity contribution in [2.75, 3.05) is 19.6 Å². The maximum Gasteiger partial charge on any atom is 0.255 e. The minimum absolute atomic E-state index is 0.148. The van der Waals surface area contributed by atoms with Crippen LogP contribution in [0, 0.1) is 11.8 Å². The number of rotatable bonds is 10. The van der Waals surface area contributed by atoms with Crippen LogP contribution in [0.3, 0.4) is 0 Å². The van der Waals surface area contributed by atoms with Crippen LogP contribution in [0.2, 0.25) is 5.02 Å². The Hall–Kier alpha value is -3.10. The zero-order chi connectivity index (χ0) is 30.4. The molecule has 1 heterocycles. The number of amides is 1. The van der Waals surface area contributed by atoms with Crippen molar-refractivity contribution in [3.8, 4) is 0 Å². The van der Waals surface area contributed by atoms with Crippen LogP contribution in [0.5, 0.6) is 0 Å². The van der Waals surface area contributed by atoms with E-state index in [1.54, 1.807) is 28.6 Å². The predicted octanol–water partition coefficient (Wildman–Crippen LogP) is 8.04. The Balaban J connectivity index is 1.54. The van der Waals surface area contributed by atoms with Gasteiger partial charge in [-0.15, -0.1) is 0 Å². The molecule has 8 heteroatoms. The number of sulfonamides is 1. The van der Waals surface area contributed by atoms with Gasteiger partial charge in [-0.25, -0.2) is 8.42 Å². The summed E-state index contributed by atoms with van der Waals surface area (Å²) in [4.78, 5) is 18.0. The van der Waals surface area contributed by atoms with Crippen molar-refractivity contribution in [2.45, 2.75) is 47.9 Å². The highest BCUT2D eigenvalue weighted by Crippen LogP contribution is 2.35. The van der Waals surface area contributed by atoms with Crippen LogP contribution in [0.15, 0.2) is 118 Å². The summed E-state index contributed by atoms with van der Waals surface area (Å²) in [5.41, 5.74) is 2.51. The van der Waals surface area contributed by atoms with Crippen LogP contribution in [-0.4, -0.2) is 43.2 Å². The molecule has 5 nitrogen and oxygen atoms in total. The number of nitrogens with zero attached hydrogens (tertiary/aromatic N) is 2. The topological polar surface area (TPSA) is 57.7 Å². The average molecular weight is 633 g/mol. The molecule has 5 rings (SSSR count). The molecule has 0 unspecified atom stereocenters. The van der Waals surface area contributed by atoms with E-state index in [1.807, 2.05) is 71.6 Å². The fourth-order valence-corrected chi connectivity index (χ4v) is 8.61. The van der Waals surface area contributed by atoms with Gasteiger partial charge in [0, 0.05) is 41.0 Å². The van der Waals surface area contributed by atoms with Gasteiger partial charge in [0.2, 0.25) is 10.0 Å². The summed E-state index contributed by atoms with van der Waals surface area (Å²) >= 11 is 7.69. The van der Waals surface area contributed by atoms with Gasteiger partial charge in [0.1, 0.15) is 0 Å². The molecule has 0 aliphatic carbocycles. The Kier molecular flexibility index (Phi) is 10.3. The Morgan fingerprint density at radius 2 is 1.51 bits per heavy atom. The lowest BCUT2D eigenvalue weighted by molar-refractivity contribution is 0.0741. The number of hydrogen-bond donors (Lipinski definition) is 0. The van der Waals surface area contributed by atoms with Gasteiger partial charge in [-0.1, -0.05) is 104 Å². The average Bonchev–Trinajstić information content (AvgIpc) is 2.99. The van der Waals surface area contributed by atoms with Crippen molar-refractivity contribution in [1.29, 1.82) is 0 Å². The Labute approximate surface area is 264 Å². The zero-order valence-corrected chi connectivity index (χ0v) is 26.9. The van der Waals surface area contributed by atoms with Crippen molar-refractivity contribution in [2.24, 2.45) is 11.8 Å². The number of piperidine rings is 1. The normalized spacial score (nSPS) is 17.5. The minimum atomic E-state index is -3.79. The first-order valence-electron chi connectivity index (χ1n) is 14.6. The lowest BCUT2D eigenvalue weighted by Gasteiger charge is -2.34. The van der Waals surface area contributed by atoms with Crippen molar-refractivity contribution >= 4 is 39.3 Å². The predicted molar refractivity (Wildman–Crippen MR) is 175 cm³/mol. The van der Waals surface area contributed by atoms with Crippen molar-refractivity contribution in [3.05, 3.63) is 125 Å². The molecule has 1 fully saturated rings. The summed E-state index contributed by atoms with van der Waals surface area (Å²) in [5.74, 6) is 0.343. The maximum atomic E-state index is 14.5. The number of benzene rings is 4. The molecule has 0 spiro atoms. The first-order valence-corrected chi connectivity index (χ1v) is 17.3. The van der Waals surface area contributed by atoms with E-state index in [1.165, 1.54) is 11.8 Å². The number of carbonyl (C=O) groups excluding carboxylic acids is 1. The quantitative estimate of drug-likeness (QED) is 0.178. The Morgan fingerprint density at radius 1 is 0.860 bits per heavy atom. The van der Waals surface area contributed by atoms with Gasteiger partial charge in [0.25, 0.3) is 5.91 Å². The molecule has 4 aromatic rings. The van der Waals surface area contributed by atoms with E-state index in [0.717, 1.165) is 22.4 Å². The molecule has 0 radical (unpaired) electrons. The van der Waals surface area contributed by atoms with Gasteiger partial charge < -0.3 is 4.90 Å². The lowest BCUT2D eigenvalue weighted by atomic mass is 9.94. The maximum absolute atomic E-state index is 14.5. The summed E-state index contributed by atoms with van der Waals surface area (Å²) in [5, 5.41) is 0.596. The number of hydrogen-bond acceptors (Lipinski definition) is 4. The molecule has 0 saturated carbocycles. The van der Waals surface area contributed by atoms with E-state index in [9.17, 15) is 13.2 Å². The van der Waals surface area contributed by atoms with Crippen LogP contribution in [-0.2, 0) is 23.0 Å². The highest BCUT2D eigenvalue weighted by Gasteiger charge is 2.33. The standard InChI is InChI=1S/C35H37ClN2O3S2/c1-26-20-27(2)24-38(23-26)43(40,41)32-16-17-34(42-31-15-9-14-30(36)21-31)33(22-32)35(39)37(25-29-12-7-4-8-13-29)19-18-28-10-5-3-6-11-28/h3-17,21-22,26-27H,18-20,23-25H2,1-2H3/t26-,27+. The molecule has 43 heavy (non-hydrogen) atoms. The fourth-order valence-electron chi connectivity index (χ4n) is 5.67. The largest absolute Gasteiger partial charge is 0.334 e. The summed E-state index contributed by atoms with van der Waals surface area (Å²) in [6.45, 7) is 6.03. The van der Waals surface area contributed by atoms with Crippen LogP contribution in [0.4, 0.5) is 0 Å². The molecule has 0 bridgehead atoms. The van der Waals surface area contributed by atoms with Crippen LogP contribution >= 0.6 is 23.4 Å². The smallest absolute Gasteiger partial charge is 0.255 e. The van der Waals surface area contributed by atoms with Crippen molar-refractivity contribution in [3.63, 3.8) is 0 Å². The van der Waals surface area contributed by atoms with E-state index in [2.05, 4.69) is 26.0 Å². The molecule has 0 N–H and O–H groups in total. The molecule has 0 aromatic heterocycles. The van der Waals surface area contributed by atoms with Crippen molar-refractivity contribution in [1.82, 2.24) is 9.21 Å². The summed E-state index contributed by atoms with van der Waals surface area (Å²) in [6.07, 6.45) is 1.68. The van der Waals surface area contributed by atoms with E-state index < -0.39 is 10.0 Å². The second kappa shape index (κ2) is 14.1. The Bertz CT molecular complexity index is 1640. The van der Waals surface area contributed by atoms with Crippen LogP contribution in [0.1, 0.15) is 41.8 Å². The molecule has 4 aromatic carbocycles. The molecule has 1 aliphatic heterocycles. The third-order valence-corrected chi connectivity index (χ3v) is 10.8. The van der Waals surface area contributed by atoms with E-state index >= 15 is 0 Å². The molecular weight excluding hydrogens is 596 g/mol. The third-order valence-electron chi connectivity index (χ3n) is 7.70. The summed E-state index contributed by atoms with van der Waals surface area (Å²) in [6, 6.07) is 32.4. The molecule has 1 saturated heterocycles. The zero-order valence-electron chi connectivity index (χ0n) is 24.5. The second-order valence-corrected chi connectivity index (χ2v) is 14.9. The van der Waals surface area contributed by atoms with E-state index in [4.69, 9.17) is 11.6 Å². The van der Waals surface area contributed by atoms with Crippen LogP contribution < -0.4 is 0 Å². The minimum Gasteiger partial charge on any atom is -0.334 e. The van der Waals surface area contributed by atoms with Gasteiger partial charge in [0.15, 0.2) is 0 Å². The highest BCUT2D eigenvalue weighted by molar-refractivity contribution is 7.99. The second-order valence-electron chi connectivity index (χ2n) is 11.4.